The van der Waals surface area contributed by atoms with Crippen molar-refractivity contribution in [2.24, 2.45) is 20.5 Å². The zero-order valence-corrected chi connectivity index (χ0v) is 31.6. The molecule has 272 valence electrons. The van der Waals surface area contributed by atoms with Crippen LogP contribution in [0.15, 0.2) is 136 Å². The van der Waals surface area contributed by atoms with Crippen LogP contribution in [0, 0.1) is 0 Å². The van der Waals surface area contributed by atoms with Gasteiger partial charge < -0.3 is 20.8 Å². The minimum absolute atomic E-state index is 0.0256. The summed E-state index contributed by atoms with van der Waals surface area (Å²) in [6, 6.07) is 31.2. The van der Waals surface area contributed by atoms with E-state index in [0.29, 0.717) is 21.5 Å². The highest BCUT2D eigenvalue weighted by Crippen LogP contribution is 2.43. The second-order valence-electron chi connectivity index (χ2n) is 11.8. The Morgan fingerprint density at radius 2 is 0.873 bits per heavy atom. The third-order valence-corrected chi connectivity index (χ3v) is 9.86. The molecule has 7 aromatic rings. The van der Waals surface area contributed by atoms with Gasteiger partial charge in [0.2, 0.25) is 0 Å². The molecule has 0 atom stereocenters. The largest absolute Gasteiger partial charge is 0.505 e. The first-order valence-corrected chi connectivity index (χ1v) is 18.0. The SMILES string of the molecule is O=C(Nc1ccc(NC(=O)c2cc3ccccc3c(N=Nc3c(Cl)cccc3Cl)c2O)c(Cl)c1)c1cc2ccccc2c(N=Nc2c(Cl)cccc2Cl)c1O. The standard InChI is InChI=1S/C40H23Cl5N6O4/c41-27-11-5-12-28(42)35(27)50-48-33-23-9-3-1-7-20(23)17-25(37(33)52)39(54)46-22-15-16-32(31(45)19-22)47-40(55)26-18-21-8-2-4-10-24(21)34(38(26)53)49-51-36-29(43)13-6-14-30(36)44/h1-19,52-53H,(H,46,54)(H,47,55). The summed E-state index contributed by atoms with van der Waals surface area (Å²) < 4.78 is 0. The van der Waals surface area contributed by atoms with Crippen molar-refractivity contribution in [2.75, 3.05) is 10.6 Å². The lowest BCUT2D eigenvalue weighted by atomic mass is 10.0. The lowest BCUT2D eigenvalue weighted by Gasteiger charge is -2.14. The molecule has 0 aromatic heterocycles. The molecule has 0 aliphatic heterocycles. The predicted octanol–water partition coefficient (Wildman–Crippen LogP) is 14.0. The quantitative estimate of drug-likeness (QED) is 0.113. The highest BCUT2D eigenvalue weighted by Gasteiger charge is 2.22. The summed E-state index contributed by atoms with van der Waals surface area (Å²) in [5.41, 5.74) is 0.682. The monoisotopic (exact) mass is 826 g/mol. The van der Waals surface area contributed by atoms with Gasteiger partial charge in [-0.15, -0.1) is 20.5 Å². The van der Waals surface area contributed by atoms with E-state index in [-0.39, 0.29) is 70.4 Å². The molecule has 7 rings (SSSR count). The van der Waals surface area contributed by atoms with Gasteiger partial charge in [0, 0.05) is 16.5 Å². The molecule has 0 spiro atoms. The molecule has 7 aromatic carbocycles. The second-order valence-corrected chi connectivity index (χ2v) is 13.9. The molecule has 4 N–H and O–H groups in total. The number of rotatable bonds is 8. The number of phenols is 2. The van der Waals surface area contributed by atoms with Crippen LogP contribution in [-0.4, -0.2) is 22.0 Å². The highest BCUT2D eigenvalue weighted by atomic mass is 35.5. The molecule has 10 nitrogen and oxygen atoms in total. The van der Waals surface area contributed by atoms with E-state index in [0.717, 1.165) is 0 Å². The number of anilines is 2. The average molecular weight is 829 g/mol. The van der Waals surface area contributed by atoms with Crippen LogP contribution in [0.3, 0.4) is 0 Å². The Kier molecular flexibility index (Phi) is 10.9. The Labute approximate surface area is 337 Å². The van der Waals surface area contributed by atoms with Crippen molar-refractivity contribution < 1.29 is 19.8 Å². The Balaban J connectivity index is 1.15. The van der Waals surface area contributed by atoms with E-state index in [1.807, 2.05) is 0 Å². The average Bonchev–Trinajstić information content (AvgIpc) is 3.16. The number of azo groups is 2. The maximum atomic E-state index is 13.6. The van der Waals surface area contributed by atoms with Crippen LogP contribution < -0.4 is 10.6 Å². The van der Waals surface area contributed by atoms with Crippen molar-refractivity contribution in [2.45, 2.75) is 0 Å². The number of carbonyl (C=O) groups excluding carboxylic acids is 2. The van der Waals surface area contributed by atoms with Crippen LogP contribution >= 0.6 is 58.0 Å². The Hall–Kier alpha value is -5.75. The maximum absolute atomic E-state index is 13.6. The number of aromatic hydroxyl groups is 2. The summed E-state index contributed by atoms with van der Waals surface area (Å²) in [7, 11) is 0. The van der Waals surface area contributed by atoms with E-state index in [2.05, 4.69) is 31.1 Å². The zero-order valence-electron chi connectivity index (χ0n) is 27.9. The number of amides is 2. The molecule has 0 bridgehead atoms. The zero-order chi connectivity index (χ0) is 38.8. The number of hydrogen-bond donors (Lipinski definition) is 4. The van der Waals surface area contributed by atoms with E-state index in [9.17, 15) is 19.8 Å². The molecule has 0 radical (unpaired) electrons. The molecule has 0 heterocycles. The van der Waals surface area contributed by atoms with Gasteiger partial charge in [-0.2, -0.15) is 0 Å². The van der Waals surface area contributed by atoms with Crippen molar-refractivity contribution >= 4 is 125 Å². The van der Waals surface area contributed by atoms with E-state index < -0.39 is 23.3 Å². The minimum Gasteiger partial charge on any atom is -0.505 e. The third kappa shape index (κ3) is 7.77. The van der Waals surface area contributed by atoms with Crippen LogP contribution in [0.25, 0.3) is 21.5 Å². The Morgan fingerprint density at radius 1 is 0.455 bits per heavy atom. The summed E-state index contributed by atoms with van der Waals surface area (Å²) in [5, 5.41) is 48.2. The van der Waals surface area contributed by atoms with Gasteiger partial charge in [0.25, 0.3) is 11.8 Å². The second kappa shape index (κ2) is 15.9. The number of hydrogen-bond acceptors (Lipinski definition) is 8. The molecular weight excluding hydrogens is 806 g/mol. The number of carbonyl (C=O) groups is 2. The fourth-order valence-corrected chi connectivity index (χ4v) is 6.81. The first-order chi connectivity index (χ1) is 26.5. The molecule has 0 saturated heterocycles. The van der Waals surface area contributed by atoms with Gasteiger partial charge in [-0.1, -0.05) is 119 Å². The van der Waals surface area contributed by atoms with Gasteiger partial charge in [-0.3, -0.25) is 9.59 Å². The fraction of sp³-hybridized carbons (Fsp3) is 0. The number of phenolic OH excluding ortho intramolecular Hbond substituents is 2. The number of benzene rings is 7. The minimum atomic E-state index is -0.699. The van der Waals surface area contributed by atoms with E-state index >= 15 is 0 Å². The number of nitrogens with zero attached hydrogens (tertiary/aromatic N) is 4. The molecule has 0 fully saturated rings. The Morgan fingerprint density at radius 3 is 1.33 bits per heavy atom. The third-order valence-electron chi connectivity index (χ3n) is 8.33. The van der Waals surface area contributed by atoms with Gasteiger partial charge in [0.1, 0.15) is 22.7 Å². The fourth-order valence-electron chi connectivity index (χ4n) is 5.64. The van der Waals surface area contributed by atoms with E-state index in [1.165, 1.54) is 30.3 Å². The van der Waals surface area contributed by atoms with Crippen LogP contribution in [0.2, 0.25) is 25.1 Å². The molecule has 55 heavy (non-hydrogen) atoms. The molecule has 2 amide bonds. The summed E-state index contributed by atoms with van der Waals surface area (Å²) in [4.78, 5) is 27.2. The van der Waals surface area contributed by atoms with Gasteiger partial charge in [-0.05, 0) is 65.4 Å². The smallest absolute Gasteiger partial charge is 0.259 e. The van der Waals surface area contributed by atoms with E-state index in [1.54, 1.807) is 84.9 Å². The first kappa shape index (κ1) is 37.6. The topological polar surface area (TPSA) is 148 Å². The first-order valence-electron chi connectivity index (χ1n) is 16.1. The van der Waals surface area contributed by atoms with Gasteiger partial charge >= 0.3 is 0 Å². The highest BCUT2D eigenvalue weighted by molar-refractivity contribution is 6.39. The summed E-state index contributed by atoms with van der Waals surface area (Å²) in [5.74, 6) is -2.24. The van der Waals surface area contributed by atoms with Crippen LogP contribution in [0.5, 0.6) is 11.5 Å². The number of fused-ring (bicyclic) bond motifs is 2. The molecule has 0 aliphatic carbocycles. The van der Waals surface area contributed by atoms with Crippen LogP contribution in [0.1, 0.15) is 20.7 Å². The van der Waals surface area contributed by atoms with Crippen molar-refractivity contribution in [1.82, 2.24) is 0 Å². The lowest BCUT2D eigenvalue weighted by Crippen LogP contribution is -2.14. The summed E-state index contributed by atoms with van der Waals surface area (Å²) in [6.07, 6.45) is 0. The maximum Gasteiger partial charge on any atom is 0.259 e. The molecule has 0 aliphatic rings. The Bertz CT molecular complexity index is 2720. The van der Waals surface area contributed by atoms with Gasteiger partial charge in [0.05, 0.1) is 41.9 Å². The number of halogens is 5. The molecule has 0 saturated carbocycles. The van der Waals surface area contributed by atoms with Crippen LogP contribution in [-0.2, 0) is 0 Å². The van der Waals surface area contributed by atoms with Crippen molar-refractivity contribution in [3.63, 3.8) is 0 Å². The van der Waals surface area contributed by atoms with Crippen molar-refractivity contribution in [3.8, 4) is 11.5 Å². The van der Waals surface area contributed by atoms with Gasteiger partial charge in [-0.25, -0.2) is 0 Å². The lowest BCUT2D eigenvalue weighted by molar-refractivity contribution is 0.101. The number of nitrogens with one attached hydrogen (secondary N) is 2. The van der Waals surface area contributed by atoms with Crippen molar-refractivity contribution in [1.29, 1.82) is 0 Å². The van der Waals surface area contributed by atoms with Crippen molar-refractivity contribution in [3.05, 3.63) is 152 Å². The predicted molar refractivity (Wildman–Crippen MR) is 220 cm³/mol. The molecule has 0 unspecified atom stereocenters. The van der Waals surface area contributed by atoms with E-state index in [4.69, 9.17) is 58.0 Å². The summed E-state index contributed by atoms with van der Waals surface area (Å²) in [6.45, 7) is 0. The summed E-state index contributed by atoms with van der Waals surface area (Å²) >= 11 is 31.6. The molecular formula is C40H23Cl5N6O4. The van der Waals surface area contributed by atoms with Gasteiger partial charge in [0.15, 0.2) is 11.5 Å². The molecule has 15 heteroatoms. The van der Waals surface area contributed by atoms with Crippen LogP contribution in [0.4, 0.5) is 34.1 Å². The normalized spacial score (nSPS) is 11.5.